The molecule has 18 heavy (non-hydrogen) atoms. The van der Waals surface area contributed by atoms with Gasteiger partial charge in [0.25, 0.3) is 0 Å². The fourth-order valence-electron chi connectivity index (χ4n) is 2.21. The van der Waals surface area contributed by atoms with Gasteiger partial charge in [-0.1, -0.05) is 13.8 Å². The van der Waals surface area contributed by atoms with E-state index >= 15 is 0 Å². The zero-order valence-electron chi connectivity index (χ0n) is 11.1. The standard InChI is InChI=1S/C13H19N3O2/c1-9(2)13(4-5-13)8-15-12-11(16(17)18)6-10(3)7-14-12/h6-7,9H,4-5,8H2,1-3H3,(H,14,15). The van der Waals surface area contributed by atoms with E-state index in [-0.39, 0.29) is 10.6 Å². The van der Waals surface area contributed by atoms with Gasteiger partial charge in [-0.25, -0.2) is 4.98 Å². The van der Waals surface area contributed by atoms with Gasteiger partial charge in [-0.2, -0.15) is 0 Å². The van der Waals surface area contributed by atoms with Gasteiger partial charge in [0.1, 0.15) is 0 Å². The molecule has 1 heterocycles. The van der Waals surface area contributed by atoms with Crippen LogP contribution < -0.4 is 5.32 Å². The van der Waals surface area contributed by atoms with Gasteiger partial charge in [0, 0.05) is 18.8 Å². The van der Waals surface area contributed by atoms with Gasteiger partial charge in [-0.15, -0.1) is 0 Å². The number of aryl methyl sites for hydroxylation is 1. The van der Waals surface area contributed by atoms with Crippen molar-refractivity contribution >= 4 is 11.5 Å². The van der Waals surface area contributed by atoms with Crippen molar-refractivity contribution in [1.82, 2.24) is 4.98 Å². The van der Waals surface area contributed by atoms with E-state index in [1.807, 2.05) is 0 Å². The molecule has 0 aromatic carbocycles. The van der Waals surface area contributed by atoms with Crippen LogP contribution in [-0.2, 0) is 0 Å². The lowest BCUT2D eigenvalue weighted by Gasteiger charge is -2.20. The predicted molar refractivity (Wildman–Crippen MR) is 70.6 cm³/mol. The van der Waals surface area contributed by atoms with Crippen LogP contribution in [0.15, 0.2) is 12.3 Å². The fraction of sp³-hybridized carbons (Fsp3) is 0.615. The van der Waals surface area contributed by atoms with Gasteiger partial charge in [0.2, 0.25) is 5.82 Å². The molecule has 0 atom stereocenters. The monoisotopic (exact) mass is 249 g/mol. The Kier molecular flexibility index (Phi) is 3.24. The van der Waals surface area contributed by atoms with Crippen LogP contribution in [0.5, 0.6) is 0 Å². The van der Waals surface area contributed by atoms with Crippen molar-refractivity contribution in [3.63, 3.8) is 0 Å². The summed E-state index contributed by atoms with van der Waals surface area (Å²) in [6.45, 7) is 6.97. The highest BCUT2D eigenvalue weighted by Gasteiger charge is 2.45. The first kappa shape index (κ1) is 12.8. The van der Waals surface area contributed by atoms with E-state index in [2.05, 4.69) is 24.1 Å². The maximum Gasteiger partial charge on any atom is 0.311 e. The predicted octanol–water partition coefficient (Wildman–Crippen LogP) is 3.15. The van der Waals surface area contributed by atoms with Crippen LogP contribution in [0, 0.1) is 28.4 Å². The van der Waals surface area contributed by atoms with Gasteiger partial charge in [-0.05, 0) is 36.7 Å². The number of nitrogens with zero attached hydrogens (tertiary/aromatic N) is 2. The van der Waals surface area contributed by atoms with Crippen molar-refractivity contribution in [1.29, 1.82) is 0 Å². The second-order valence-corrected chi connectivity index (χ2v) is 5.51. The van der Waals surface area contributed by atoms with Crippen molar-refractivity contribution in [2.24, 2.45) is 11.3 Å². The summed E-state index contributed by atoms with van der Waals surface area (Å²) >= 11 is 0. The van der Waals surface area contributed by atoms with Gasteiger partial charge in [0.05, 0.1) is 4.92 Å². The van der Waals surface area contributed by atoms with Crippen LogP contribution >= 0.6 is 0 Å². The summed E-state index contributed by atoms with van der Waals surface area (Å²) in [5, 5.41) is 14.1. The molecule has 1 aromatic rings. The summed E-state index contributed by atoms with van der Waals surface area (Å²) in [7, 11) is 0. The Morgan fingerprint density at radius 2 is 2.22 bits per heavy atom. The minimum absolute atomic E-state index is 0.0644. The van der Waals surface area contributed by atoms with E-state index in [1.54, 1.807) is 19.2 Å². The maximum atomic E-state index is 11.0. The van der Waals surface area contributed by atoms with Crippen molar-refractivity contribution < 1.29 is 4.92 Å². The molecule has 0 radical (unpaired) electrons. The number of rotatable bonds is 5. The normalized spacial score (nSPS) is 16.7. The molecule has 5 nitrogen and oxygen atoms in total. The van der Waals surface area contributed by atoms with Crippen LogP contribution in [0.4, 0.5) is 11.5 Å². The van der Waals surface area contributed by atoms with E-state index < -0.39 is 0 Å². The topological polar surface area (TPSA) is 68.1 Å². The number of nitrogens with one attached hydrogen (secondary N) is 1. The third kappa shape index (κ3) is 2.44. The Bertz CT molecular complexity index is 467. The molecular weight excluding hydrogens is 230 g/mol. The molecule has 5 heteroatoms. The number of hydrogen-bond acceptors (Lipinski definition) is 4. The average molecular weight is 249 g/mol. The molecule has 1 aliphatic carbocycles. The lowest BCUT2D eigenvalue weighted by Crippen LogP contribution is -2.21. The van der Waals surface area contributed by atoms with Crippen LogP contribution in [0.1, 0.15) is 32.3 Å². The molecule has 1 fully saturated rings. The Hall–Kier alpha value is -1.65. The van der Waals surface area contributed by atoms with Crippen LogP contribution in [0.3, 0.4) is 0 Å². The lowest BCUT2D eigenvalue weighted by molar-refractivity contribution is -0.384. The van der Waals surface area contributed by atoms with Gasteiger partial charge in [0.15, 0.2) is 0 Å². The van der Waals surface area contributed by atoms with Crippen molar-refractivity contribution in [2.75, 3.05) is 11.9 Å². The molecule has 1 aromatic heterocycles. The summed E-state index contributed by atoms with van der Waals surface area (Å²) in [6, 6.07) is 1.56. The van der Waals surface area contributed by atoms with Gasteiger partial charge in [-0.3, -0.25) is 10.1 Å². The van der Waals surface area contributed by atoms with Crippen molar-refractivity contribution in [3.05, 3.63) is 27.9 Å². The number of pyridine rings is 1. The Balaban J connectivity index is 2.12. The molecule has 2 rings (SSSR count). The molecule has 98 valence electrons. The zero-order valence-corrected chi connectivity index (χ0v) is 11.1. The minimum atomic E-state index is -0.378. The van der Waals surface area contributed by atoms with E-state index in [1.165, 1.54) is 12.8 Å². The molecular formula is C13H19N3O2. The second-order valence-electron chi connectivity index (χ2n) is 5.51. The van der Waals surface area contributed by atoms with Crippen LogP contribution in [0.2, 0.25) is 0 Å². The highest BCUT2D eigenvalue weighted by molar-refractivity contribution is 5.56. The van der Waals surface area contributed by atoms with E-state index in [9.17, 15) is 10.1 Å². The molecule has 1 N–H and O–H groups in total. The summed E-state index contributed by atoms with van der Waals surface area (Å²) in [5.74, 6) is 0.979. The van der Waals surface area contributed by atoms with E-state index in [4.69, 9.17) is 0 Å². The number of hydrogen-bond donors (Lipinski definition) is 1. The van der Waals surface area contributed by atoms with Crippen molar-refractivity contribution in [2.45, 2.75) is 33.6 Å². The van der Waals surface area contributed by atoms with Crippen LogP contribution in [0.25, 0.3) is 0 Å². The van der Waals surface area contributed by atoms with Gasteiger partial charge < -0.3 is 5.32 Å². The fourth-order valence-corrected chi connectivity index (χ4v) is 2.21. The molecule has 1 saturated carbocycles. The first-order valence-electron chi connectivity index (χ1n) is 6.29. The highest BCUT2D eigenvalue weighted by atomic mass is 16.6. The summed E-state index contributed by atoms with van der Waals surface area (Å²) in [5.41, 5.74) is 1.17. The number of aromatic nitrogens is 1. The largest absolute Gasteiger partial charge is 0.364 e. The van der Waals surface area contributed by atoms with Gasteiger partial charge >= 0.3 is 5.69 Å². The molecule has 0 amide bonds. The third-order valence-corrected chi connectivity index (χ3v) is 3.93. The quantitative estimate of drug-likeness (QED) is 0.643. The Morgan fingerprint density at radius 3 is 2.72 bits per heavy atom. The molecule has 0 bridgehead atoms. The third-order valence-electron chi connectivity index (χ3n) is 3.93. The first-order valence-corrected chi connectivity index (χ1v) is 6.29. The second kappa shape index (κ2) is 4.55. The smallest absolute Gasteiger partial charge is 0.311 e. The minimum Gasteiger partial charge on any atom is -0.364 e. The van der Waals surface area contributed by atoms with E-state index in [0.717, 1.165) is 12.1 Å². The summed E-state index contributed by atoms with van der Waals surface area (Å²) < 4.78 is 0. The van der Waals surface area contributed by atoms with Crippen molar-refractivity contribution in [3.8, 4) is 0 Å². The summed E-state index contributed by atoms with van der Waals surface area (Å²) in [4.78, 5) is 14.7. The molecule has 1 aliphatic rings. The molecule has 0 saturated heterocycles. The maximum absolute atomic E-state index is 11.0. The van der Waals surface area contributed by atoms with E-state index in [0.29, 0.717) is 17.2 Å². The molecule has 0 unspecified atom stereocenters. The number of nitro groups is 1. The lowest BCUT2D eigenvalue weighted by atomic mass is 9.92. The Morgan fingerprint density at radius 1 is 1.56 bits per heavy atom. The summed E-state index contributed by atoms with van der Waals surface area (Å²) in [6.07, 6.45) is 4.04. The highest BCUT2D eigenvalue weighted by Crippen LogP contribution is 2.51. The first-order chi connectivity index (χ1) is 8.44. The Labute approximate surface area is 107 Å². The average Bonchev–Trinajstić information content (AvgIpc) is 3.08. The molecule has 0 spiro atoms. The zero-order chi connectivity index (χ0) is 13.3. The van der Waals surface area contributed by atoms with Crippen LogP contribution in [-0.4, -0.2) is 16.5 Å². The molecule has 0 aliphatic heterocycles. The SMILES string of the molecule is Cc1cnc(NCC2(C(C)C)CC2)c([N+](=O)[O-])c1. The number of anilines is 1.